The average Bonchev–Trinajstić information content (AvgIpc) is 3.13. The quantitative estimate of drug-likeness (QED) is 0.345. The van der Waals surface area contributed by atoms with Gasteiger partial charge in [0.15, 0.2) is 0 Å². The van der Waals surface area contributed by atoms with E-state index in [0.717, 1.165) is 38.8 Å². The topological polar surface area (TPSA) is 104 Å². The van der Waals surface area contributed by atoms with Crippen LogP contribution in [0.3, 0.4) is 0 Å². The van der Waals surface area contributed by atoms with Crippen molar-refractivity contribution in [3.8, 4) is 0 Å². The number of aliphatic hydroxyl groups excluding tert-OH is 1. The normalized spacial score (nSPS) is 27.0. The van der Waals surface area contributed by atoms with Gasteiger partial charge < -0.3 is 20.8 Å². The molecule has 0 aliphatic carbocycles. The van der Waals surface area contributed by atoms with E-state index in [4.69, 9.17) is 10.6 Å². The highest BCUT2D eigenvalue weighted by Gasteiger charge is 2.44. The van der Waals surface area contributed by atoms with Gasteiger partial charge in [0.25, 0.3) is 0 Å². The number of hydrogen-bond donors (Lipinski definition) is 3. The van der Waals surface area contributed by atoms with Crippen molar-refractivity contribution in [1.82, 2.24) is 4.90 Å². The molecule has 2 aliphatic heterocycles. The highest BCUT2D eigenvalue weighted by molar-refractivity contribution is 7.12. The molecule has 1 saturated heterocycles. The maximum atomic E-state index is 9.92. The zero-order valence-corrected chi connectivity index (χ0v) is 19.4. The summed E-state index contributed by atoms with van der Waals surface area (Å²) in [5.41, 5.74) is 0.718. The van der Waals surface area contributed by atoms with E-state index in [1.54, 1.807) is 20.1 Å². The molecule has 8 heteroatoms. The number of hydrazone groups is 1. The number of rotatable bonds is 7. The molecule has 1 spiro atoms. The van der Waals surface area contributed by atoms with Gasteiger partial charge in [-0.2, -0.15) is 5.10 Å². The lowest BCUT2D eigenvalue weighted by molar-refractivity contribution is -0.108. The predicted octanol–water partition coefficient (Wildman–Crippen LogP) is 2.08. The molecule has 7 nitrogen and oxygen atoms in total. The second-order valence-electron chi connectivity index (χ2n) is 9.05. The van der Waals surface area contributed by atoms with Crippen LogP contribution in [0.4, 0.5) is 0 Å². The third-order valence-corrected chi connectivity index (χ3v) is 7.66. The molecule has 4 N–H and O–H groups in total. The van der Waals surface area contributed by atoms with E-state index >= 15 is 0 Å². The largest absolute Gasteiger partial charge is 0.388 e. The minimum atomic E-state index is -1.19. The Hall–Kier alpha value is -1.32. The maximum Gasteiger partial charge on any atom is 0.102 e. The van der Waals surface area contributed by atoms with Crippen LogP contribution in [0.2, 0.25) is 0 Å². The molecule has 0 bridgehead atoms. The summed E-state index contributed by atoms with van der Waals surface area (Å²) in [5, 5.41) is 23.6. The summed E-state index contributed by atoms with van der Waals surface area (Å²) < 4.78 is 6.41. The number of hydrogen-bond acceptors (Lipinski definition) is 8. The van der Waals surface area contributed by atoms with Crippen LogP contribution in [0.1, 0.15) is 55.9 Å². The molecule has 168 valence electrons. The number of piperidine rings is 1. The van der Waals surface area contributed by atoms with Crippen molar-refractivity contribution in [2.75, 3.05) is 26.2 Å². The van der Waals surface area contributed by atoms with E-state index in [1.165, 1.54) is 15.3 Å². The van der Waals surface area contributed by atoms with E-state index in [1.807, 2.05) is 11.3 Å². The first kappa shape index (κ1) is 23.3. The highest BCUT2D eigenvalue weighted by atomic mass is 32.1. The molecule has 3 atom stereocenters. The van der Waals surface area contributed by atoms with Crippen molar-refractivity contribution in [3.63, 3.8) is 0 Å². The first-order valence-electron chi connectivity index (χ1n) is 10.9. The van der Waals surface area contributed by atoms with Gasteiger partial charge >= 0.3 is 0 Å². The lowest BCUT2D eigenvalue weighted by atomic mass is 9.79. The number of thiophene rings is 1. The van der Waals surface area contributed by atoms with Gasteiger partial charge in [-0.25, -0.2) is 0 Å². The van der Waals surface area contributed by atoms with Crippen LogP contribution >= 0.6 is 11.3 Å². The number of aliphatic hydroxyl groups is 2. The molecule has 30 heavy (non-hydrogen) atoms. The van der Waals surface area contributed by atoms with Crippen molar-refractivity contribution in [2.45, 2.75) is 76.7 Å². The summed E-state index contributed by atoms with van der Waals surface area (Å²) in [6.45, 7) is 9.98. The molecule has 3 heterocycles. The summed E-state index contributed by atoms with van der Waals surface area (Å²) in [7, 11) is 0. The summed E-state index contributed by atoms with van der Waals surface area (Å²) in [4.78, 5) is 9.54. The van der Waals surface area contributed by atoms with Gasteiger partial charge in [-0.3, -0.25) is 9.89 Å². The first-order chi connectivity index (χ1) is 14.2. The van der Waals surface area contributed by atoms with Gasteiger partial charge in [-0.05, 0) is 51.7 Å². The van der Waals surface area contributed by atoms with Crippen LogP contribution in [0.15, 0.2) is 16.2 Å². The number of ether oxygens (including phenoxy) is 1. The zero-order chi connectivity index (χ0) is 21.9. The molecule has 2 aliphatic rings. The van der Waals surface area contributed by atoms with Crippen LogP contribution in [0.5, 0.6) is 0 Å². The van der Waals surface area contributed by atoms with Crippen molar-refractivity contribution >= 4 is 23.3 Å². The SMILES string of the molecule is CCc1cc2c(s1)CCO[C@@]21CCN(C/C(C=NCC(O)C(C)(C)O)=N/N)[C@@H](C)C1. The standard InChI is InChI=1S/C22H36N4O3S/c1-5-17-10-18-19(30-17)6-9-29-22(18)7-8-26(15(2)11-22)14-16(25-23)12-24-13-20(27)21(3,4)28/h10,12,15,20,27-28H,5-9,11,13-14,23H2,1-4H3/b24-12?,25-16+/t15-,20?,22+/m0/s1. The fourth-order valence-electron chi connectivity index (χ4n) is 4.31. The lowest BCUT2D eigenvalue weighted by Crippen LogP contribution is -2.51. The fourth-order valence-corrected chi connectivity index (χ4v) is 5.49. The number of aliphatic imine (C=N–C) groups is 1. The molecule has 1 unspecified atom stereocenters. The molecule has 1 fully saturated rings. The van der Waals surface area contributed by atoms with E-state index in [0.29, 0.717) is 18.3 Å². The van der Waals surface area contributed by atoms with E-state index < -0.39 is 11.7 Å². The lowest BCUT2D eigenvalue weighted by Gasteiger charge is -2.47. The summed E-state index contributed by atoms with van der Waals surface area (Å²) in [6.07, 6.45) is 4.68. The van der Waals surface area contributed by atoms with Crippen molar-refractivity contribution in [2.24, 2.45) is 15.9 Å². The predicted molar refractivity (Wildman–Crippen MR) is 123 cm³/mol. The van der Waals surface area contributed by atoms with Crippen LogP contribution in [0.25, 0.3) is 0 Å². The molecule has 1 aromatic rings. The second-order valence-corrected chi connectivity index (χ2v) is 10.3. The molecule has 0 aromatic carbocycles. The van der Waals surface area contributed by atoms with Gasteiger partial charge in [0.1, 0.15) is 6.10 Å². The average molecular weight is 437 g/mol. The Morgan fingerprint density at radius 1 is 1.53 bits per heavy atom. The van der Waals surface area contributed by atoms with Crippen LogP contribution in [0, 0.1) is 0 Å². The molecular formula is C22H36N4O3S. The van der Waals surface area contributed by atoms with Gasteiger partial charge in [-0.15, -0.1) is 11.3 Å². The van der Waals surface area contributed by atoms with Crippen LogP contribution < -0.4 is 5.84 Å². The van der Waals surface area contributed by atoms with E-state index in [9.17, 15) is 10.2 Å². The Morgan fingerprint density at radius 3 is 2.93 bits per heavy atom. The van der Waals surface area contributed by atoms with E-state index in [2.05, 4.69) is 34.9 Å². The summed E-state index contributed by atoms with van der Waals surface area (Å²) in [5.74, 6) is 5.59. The molecule has 0 saturated carbocycles. The Morgan fingerprint density at radius 2 is 2.30 bits per heavy atom. The molecule has 1 aromatic heterocycles. The van der Waals surface area contributed by atoms with E-state index in [-0.39, 0.29) is 12.1 Å². The van der Waals surface area contributed by atoms with Gasteiger partial charge in [-0.1, -0.05) is 6.92 Å². The van der Waals surface area contributed by atoms with Gasteiger partial charge in [0.05, 0.1) is 30.1 Å². The number of fused-ring (bicyclic) bond motifs is 2. The third-order valence-electron chi connectivity index (χ3n) is 6.32. The highest BCUT2D eigenvalue weighted by Crippen LogP contribution is 2.46. The monoisotopic (exact) mass is 436 g/mol. The van der Waals surface area contributed by atoms with Crippen molar-refractivity contribution in [1.29, 1.82) is 0 Å². The summed E-state index contributed by atoms with van der Waals surface area (Å²) >= 11 is 1.95. The van der Waals surface area contributed by atoms with Crippen LogP contribution in [-0.2, 0) is 23.2 Å². The van der Waals surface area contributed by atoms with Crippen molar-refractivity contribution in [3.05, 3.63) is 21.4 Å². The fraction of sp³-hybridized carbons (Fsp3) is 0.727. The smallest absolute Gasteiger partial charge is 0.102 e. The minimum Gasteiger partial charge on any atom is -0.388 e. The number of nitrogens with two attached hydrogens (primary N) is 1. The minimum absolute atomic E-state index is 0.107. The Labute approximate surface area is 183 Å². The van der Waals surface area contributed by atoms with Gasteiger partial charge in [0.2, 0.25) is 0 Å². The summed E-state index contributed by atoms with van der Waals surface area (Å²) in [6, 6.07) is 2.69. The number of aryl methyl sites for hydroxylation is 1. The number of likely N-dealkylation sites (tertiary alicyclic amines) is 1. The van der Waals surface area contributed by atoms with Crippen LogP contribution in [-0.4, -0.2) is 71.0 Å². The van der Waals surface area contributed by atoms with Crippen molar-refractivity contribution < 1.29 is 14.9 Å². The first-order valence-corrected chi connectivity index (χ1v) is 11.7. The molecule has 0 radical (unpaired) electrons. The zero-order valence-electron chi connectivity index (χ0n) is 18.6. The third kappa shape index (κ3) is 5.11. The number of nitrogens with zero attached hydrogens (tertiary/aromatic N) is 3. The second kappa shape index (κ2) is 9.44. The Balaban J connectivity index is 1.63. The molecule has 0 amide bonds. The Kier molecular flexibility index (Phi) is 7.35. The Bertz CT molecular complexity index is 786. The molecular weight excluding hydrogens is 400 g/mol. The van der Waals surface area contributed by atoms with Gasteiger partial charge in [0, 0.05) is 41.5 Å². The maximum absolute atomic E-state index is 9.92. The molecule has 3 rings (SSSR count).